The maximum Gasteiger partial charge on any atom is 0.315 e. The van der Waals surface area contributed by atoms with Crippen LogP contribution in [0.25, 0.3) is 0 Å². The molecule has 1 heterocycles. The lowest BCUT2D eigenvalue weighted by molar-refractivity contribution is 0.0129. The summed E-state index contributed by atoms with van der Waals surface area (Å²) >= 11 is 0. The minimum absolute atomic E-state index is 0.0970. The van der Waals surface area contributed by atoms with E-state index in [0.717, 1.165) is 38.3 Å². The summed E-state index contributed by atoms with van der Waals surface area (Å²) in [6.07, 6.45) is 1.08. The van der Waals surface area contributed by atoms with Crippen molar-refractivity contribution in [3.05, 3.63) is 35.4 Å². The third kappa shape index (κ3) is 6.13. The van der Waals surface area contributed by atoms with E-state index in [-0.39, 0.29) is 6.03 Å². The summed E-state index contributed by atoms with van der Waals surface area (Å²) in [5.74, 6) is 0.606. The molecule has 2 rings (SSSR count). The van der Waals surface area contributed by atoms with Crippen molar-refractivity contribution in [2.75, 3.05) is 32.8 Å². The number of ether oxygens (including phenoxy) is 1. The van der Waals surface area contributed by atoms with Crippen LogP contribution in [-0.2, 0) is 11.3 Å². The van der Waals surface area contributed by atoms with E-state index in [2.05, 4.69) is 42.4 Å². The first-order valence-electron chi connectivity index (χ1n) is 8.94. The number of carbonyl (C=O) groups is 1. The molecule has 0 aromatic heterocycles. The minimum atomic E-state index is -0.0970. The van der Waals surface area contributed by atoms with Gasteiger partial charge in [-0.05, 0) is 30.4 Å². The van der Waals surface area contributed by atoms with Crippen LogP contribution in [0.3, 0.4) is 0 Å². The van der Waals surface area contributed by atoms with E-state index >= 15 is 0 Å². The molecule has 1 aromatic carbocycles. The normalized spacial score (nSPS) is 16.8. The highest BCUT2D eigenvalue weighted by molar-refractivity contribution is 5.73. The first-order chi connectivity index (χ1) is 11.6. The van der Waals surface area contributed by atoms with Crippen LogP contribution in [-0.4, -0.2) is 49.8 Å². The molecule has 5 heteroatoms. The van der Waals surface area contributed by atoms with Crippen LogP contribution >= 0.6 is 0 Å². The molecular formula is C19H31N3O2. The Balaban J connectivity index is 1.79. The number of aryl methyl sites for hydroxylation is 1. The maximum absolute atomic E-state index is 12.1. The number of rotatable bonds is 7. The molecule has 1 saturated heterocycles. The van der Waals surface area contributed by atoms with Crippen molar-refractivity contribution in [1.82, 2.24) is 15.5 Å². The molecular weight excluding hydrogens is 302 g/mol. The summed E-state index contributed by atoms with van der Waals surface area (Å²) in [5, 5.41) is 6.00. The Morgan fingerprint density at radius 1 is 1.21 bits per heavy atom. The van der Waals surface area contributed by atoms with Crippen LogP contribution in [0.5, 0.6) is 0 Å². The molecule has 134 valence electrons. The van der Waals surface area contributed by atoms with Gasteiger partial charge in [-0.3, -0.25) is 4.90 Å². The highest BCUT2D eigenvalue weighted by atomic mass is 16.5. The molecule has 1 aliphatic heterocycles. The average Bonchev–Trinajstić information content (AvgIpc) is 2.58. The van der Waals surface area contributed by atoms with E-state index in [1.165, 1.54) is 5.56 Å². The number of nitrogens with zero attached hydrogens (tertiary/aromatic N) is 1. The Hall–Kier alpha value is -1.59. The minimum Gasteiger partial charge on any atom is -0.379 e. The number of nitrogens with one attached hydrogen (secondary N) is 2. The molecule has 1 aromatic rings. The van der Waals surface area contributed by atoms with E-state index in [1.54, 1.807) is 0 Å². The average molecular weight is 333 g/mol. The first kappa shape index (κ1) is 18.7. The lowest BCUT2D eigenvalue weighted by Crippen LogP contribution is -2.50. The fraction of sp³-hybridized carbons (Fsp3) is 0.632. The van der Waals surface area contributed by atoms with Crippen molar-refractivity contribution in [3.8, 4) is 0 Å². The van der Waals surface area contributed by atoms with Gasteiger partial charge in [-0.2, -0.15) is 0 Å². The monoisotopic (exact) mass is 333 g/mol. The summed E-state index contributed by atoms with van der Waals surface area (Å²) in [5.41, 5.74) is 2.35. The van der Waals surface area contributed by atoms with E-state index in [0.29, 0.717) is 25.0 Å². The molecule has 0 aliphatic carbocycles. The summed E-state index contributed by atoms with van der Waals surface area (Å²) in [7, 11) is 0. The number of carbonyl (C=O) groups excluding carboxylic acids is 1. The van der Waals surface area contributed by atoms with Crippen molar-refractivity contribution < 1.29 is 9.53 Å². The second-order valence-electron chi connectivity index (χ2n) is 6.92. The zero-order valence-corrected chi connectivity index (χ0v) is 15.2. The van der Waals surface area contributed by atoms with Gasteiger partial charge in [0.1, 0.15) is 0 Å². The van der Waals surface area contributed by atoms with Gasteiger partial charge in [0.25, 0.3) is 0 Å². The van der Waals surface area contributed by atoms with Crippen LogP contribution in [0.15, 0.2) is 24.3 Å². The van der Waals surface area contributed by atoms with E-state index in [9.17, 15) is 4.79 Å². The van der Waals surface area contributed by atoms with Crippen LogP contribution in [0.4, 0.5) is 4.79 Å². The predicted molar refractivity (Wildman–Crippen MR) is 97.1 cm³/mol. The largest absolute Gasteiger partial charge is 0.379 e. The third-order valence-electron chi connectivity index (χ3n) is 4.50. The Morgan fingerprint density at radius 2 is 1.92 bits per heavy atom. The molecule has 1 atom stereocenters. The Morgan fingerprint density at radius 3 is 2.58 bits per heavy atom. The fourth-order valence-electron chi connectivity index (χ4n) is 3.11. The molecule has 0 saturated carbocycles. The number of hydrogen-bond donors (Lipinski definition) is 2. The second-order valence-corrected chi connectivity index (χ2v) is 6.92. The highest BCUT2D eigenvalue weighted by Gasteiger charge is 2.22. The molecule has 1 fully saturated rings. The zero-order chi connectivity index (χ0) is 17.4. The SMILES string of the molecule is Cc1ccccc1CNC(=O)NC[C@H](CC(C)C)N1CCOCC1. The van der Waals surface area contributed by atoms with Crippen molar-refractivity contribution >= 4 is 6.03 Å². The van der Waals surface area contributed by atoms with Gasteiger partial charge >= 0.3 is 6.03 Å². The highest BCUT2D eigenvalue weighted by Crippen LogP contribution is 2.13. The lowest BCUT2D eigenvalue weighted by Gasteiger charge is -2.35. The topological polar surface area (TPSA) is 53.6 Å². The second kappa shape index (κ2) is 9.64. The molecule has 2 amide bonds. The van der Waals surface area contributed by atoms with Gasteiger partial charge in [0.2, 0.25) is 0 Å². The molecule has 0 radical (unpaired) electrons. The van der Waals surface area contributed by atoms with Crippen LogP contribution in [0.1, 0.15) is 31.4 Å². The van der Waals surface area contributed by atoms with Crippen molar-refractivity contribution in [3.63, 3.8) is 0 Å². The molecule has 2 N–H and O–H groups in total. The van der Waals surface area contributed by atoms with Crippen LogP contribution in [0.2, 0.25) is 0 Å². The predicted octanol–water partition coefficient (Wildman–Crippen LogP) is 2.54. The van der Waals surface area contributed by atoms with Crippen LogP contribution < -0.4 is 10.6 Å². The summed E-state index contributed by atoms with van der Waals surface area (Å²) in [6.45, 7) is 11.2. The smallest absolute Gasteiger partial charge is 0.315 e. The van der Waals surface area contributed by atoms with Gasteiger partial charge in [-0.1, -0.05) is 38.1 Å². The Labute approximate surface area is 145 Å². The quantitative estimate of drug-likeness (QED) is 0.806. The van der Waals surface area contributed by atoms with Crippen molar-refractivity contribution in [2.45, 2.75) is 39.8 Å². The number of amides is 2. The number of morpholine rings is 1. The van der Waals surface area contributed by atoms with Gasteiger partial charge < -0.3 is 15.4 Å². The third-order valence-corrected chi connectivity index (χ3v) is 4.50. The summed E-state index contributed by atoms with van der Waals surface area (Å²) in [6, 6.07) is 8.40. The van der Waals surface area contributed by atoms with Crippen molar-refractivity contribution in [1.29, 1.82) is 0 Å². The lowest BCUT2D eigenvalue weighted by atomic mass is 10.0. The van der Waals surface area contributed by atoms with Gasteiger partial charge in [0.15, 0.2) is 0 Å². The zero-order valence-electron chi connectivity index (χ0n) is 15.2. The molecule has 0 unspecified atom stereocenters. The van der Waals surface area contributed by atoms with Gasteiger partial charge in [-0.25, -0.2) is 4.79 Å². The van der Waals surface area contributed by atoms with Gasteiger partial charge in [-0.15, -0.1) is 0 Å². The Kier molecular flexibility index (Phi) is 7.53. The number of urea groups is 1. The van der Waals surface area contributed by atoms with Crippen LogP contribution in [0, 0.1) is 12.8 Å². The Bertz CT molecular complexity index is 513. The molecule has 0 spiro atoms. The number of hydrogen-bond acceptors (Lipinski definition) is 3. The maximum atomic E-state index is 12.1. The first-order valence-corrected chi connectivity index (χ1v) is 8.94. The number of benzene rings is 1. The van der Waals surface area contributed by atoms with Gasteiger partial charge in [0, 0.05) is 32.2 Å². The molecule has 0 bridgehead atoms. The summed E-state index contributed by atoms with van der Waals surface area (Å²) < 4.78 is 5.44. The van der Waals surface area contributed by atoms with E-state index < -0.39 is 0 Å². The van der Waals surface area contributed by atoms with Gasteiger partial charge in [0.05, 0.1) is 13.2 Å². The fourth-order valence-corrected chi connectivity index (χ4v) is 3.11. The summed E-state index contributed by atoms with van der Waals surface area (Å²) in [4.78, 5) is 14.6. The molecule has 5 nitrogen and oxygen atoms in total. The molecule has 24 heavy (non-hydrogen) atoms. The van der Waals surface area contributed by atoms with E-state index in [1.807, 2.05) is 18.2 Å². The van der Waals surface area contributed by atoms with E-state index in [4.69, 9.17) is 4.74 Å². The molecule has 1 aliphatic rings. The van der Waals surface area contributed by atoms with Crippen molar-refractivity contribution in [2.24, 2.45) is 5.92 Å². The standard InChI is InChI=1S/C19H31N3O2/c1-15(2)12-18(22-8-10-24-11-9-22)14-21-19(23)20-13-17-7-5-4-6-16(17)3/h4-7,15,18H,8-14H2,1-3H3,(H2,20,21,23)/t18-/m0/s1.